The number of oxime groups is 1. The molecular formula is C13H19NOS. The fraction of sp³-hybridized carbons (Fsp3) is 0.462. The highest BCUT2D eigenvalue weighted by Crippen LogP contribution is 2.10. The van der Waals surface area contributed by atoms with Crippen LogP contribution in [0.1, 0.15) is 25.0 Å². The minimum absolute atomic E-state index is 0.617. The molecule has 0 aliphatic rings. The molecule has 0 saturated heterocycles. The van der Waals surface area contributed by atoms with E-state index in [1.807, 2.05) is 18.7 Å². The van der Waals surface area contributed by atoms with E-state index < -0.39 is 0 Å². The van der Waals surface area contributed by atoms with Gasteiger partial charge >= 0.3 is 0 Å². The van der Waals surface area contributed by atoms with E-state index in [4.69, 9.17) is 4.84 Å². The lowest BCUT2D eigenvalue weighted by Crippen LogP contribution is -2.06. The predicted octanol–water partition coefficient (Wildman–Crippen LogP) is 3.49. The summed E-state index contributed by atoms with van der Waals surface area (Å²) in [5.41, 5.74) is 3.44. The molecule has 0 aliphatic heterocycles. The summed E-state index contributed by atoms with van der Waals surface area (Å²) in [6.45, 7) is 6.80. The van der Waals surface area contributed by atoms with Gasteiger partial charge in [0.1, 0.15) is 6.61 Å². The first-order valence-corrected chi connectivity index (χ1v) is 6.77. The molecule has 0 amide bonds. The monoisotopic (exact) mass is 237 g/mol. The number of hydrogen-bond acceptors (Lipinski definition) is 3. The Morgan fingerprint density at radius 1 is 1.25 bits per heavy atom. The molecule has 1 aromatic rings. The number of benzene rings is 1. The zero-order valence-electron chi connectivity index (χ0n) is 10.2. The normalized spacial score (nSPS) is 11.6. The van der Waals surface area contributed by atoms with E-state index in [-0.39, 0.29) is 0 Å². The van der Waals surface area contributed by atoms with Crippen LogP contribution in [0, 0.1) is 6.92 Å². The molecule has 0 heterocycles. The molecule has 2 nitrogen and oxygen atoms in total. The third-order valence-corrected chi connectivity index (χ3v) is 3.02. The quantitative estimate of drug-likeness (QED) is 0.558. The van der Waals surface area contributed by atoms with E-state index in [0.29, 0.717) is 6.61 Å². The van der Waals surface area contributed by atoms with Gasteiger partial charge in [0, 0.05) is 11.3 Å². The summed E-state index contributed by atoms with van der Waals surface area (Å²) in [6, 6.07) is 8.41. The average molecular weight is 237 g/mol. The van der Waals surface area contributed by atoms with E-state index in [0.717, 1.165) is 22.8 Å². The predicted molar refractivity (Wildman–Crippen MR) is 72.3 cm³/mol. The molecule has 0 aliphatic carbocycles. The molecule has 0 N–H and O–H groups in total. The van der Waals surface area contributed by atoms with Gasteiger partial charge in [0.25, 0.3) is 0 Å². The van der Waals surface area contributed by atoms with Gasteiger partial charge in [0.2, 0.25) is 0 Å². The molecule has 1 rings (SSSR count). The van der Waals surface area contributed by atoms with Gasteiger partial charge in [-0.3, -0.25) is 0 Å². The molecule has 0 fully saturated rings. The summed E-state index contributed by atoms with van der Waals surface area (Å²) in [4.78, 5) is 5.15. The Kier molecular flexibility index (Phi) is 6.01. The topological polar surface area (TPSA) is 21.6 Å². The van der Waals surface area contributed by atoms with Crippen LogP contribution in [0.4, 0.5) is 0 Å². The minimum atomic E-state index is 0.617. The van der Waals surface area contributed by atoms with Gasteiger partial charge in [-0.1, -0.05) is 41.9 Å². The van der Waals surface area contributed by atoms with E-state index in [1.54, 1.807) is 0 Å². The standard InChI is InChI=1S/C13H19NOS/c1-4-15-14-13(10-16-5-2)12-8-6-11(3)7-9-12/h6-9H,4-5,10H2,1-3H3/b14-13+. The van der Waals surface area contributed by atoms with E-state index >= 15 is 0 Å². The first kappa shape index (κ1) is 13.1. The Hall–Kier alpha value is -0.960. The van der Waals surface area contributed by atoms with Crippen LogP contribution in [-0.2, 0) is 4.84 Å². The highest BCUT2D eigenvalue weighted by molar-refractivity contribution is 7.99. The van der Waals surface area contributed by atoms with Gasteiger partial charge in [-0.15, -0.1) is 0 Å². The first-order valence-electron chi connectivity index (χ1n) is 5.61. The summed E-state index contributed by atoms with van der Waals surface area (Å²) < 4.78 is 0. The SMILES string of the molecule is CCO/N=C(\CSCC)c1ccc(C)cc1. The van der Waals surface area contributed by atoms with E-state index in [9.17, 15) is 0 Å². The summed E-state index contributed by atoms with van der Waals surface area (Å²) >= 11 is 1.85. The van der Waals surface area contributed by atoms with E-state index in [2.05, 4.69) is 43.3 Å². The average Bonchev–Trinajstić information content (AvgIpc) is 2.31. The minimum Gasteiger partial charge on any atom is -0.396 e. The van der Waals surface area contributed by atoms with Crippen LogP contribution in [0.2, 0.25) is 0 Å². The van der Waals surface area contributed by atoms with Crippen LogP contribution < -0.4 is 0 Å². The Morgan fingerprint density at radius 3 is 2.50 bits per heavy atom. The van der Waals surface area contributed by atoms with Crippen molar-refractivity contribution in [2.24, 2.45) is 5.16 Å². The van der Waals surface area contributed by atoms with Crippen LogP contribution in [-0.4, -0.2) is 23.8 Å². The summed E-state index contributed by atoms with van der Waals surface area (Å²) in [5, 5.41) is 4.18. The number of hydrogen-bond donors (Lipinski definition) is 0. The summed E-state index contributed by atoms with van der Waals surface area (Å²) in [6.07, 6.45) is 0. The molecule has 0 spiro atoms. The van der Waals surface area contributed by atoms with Crippen LogP contribution in [0.3, 0.4) is 0 Å². The van der Waals surface area contributed by atoms with Crippen molar-refractivity contribution in [2.75, 3.05) is 18.1 Å². The van der Waals surface area contributed by atoms with Gasteiger partial charge in [-0.2, -0.15) is 11.8 Å². The Bertz CT molecular complexity index is 332. The van der Waals surface area contributed by atoms with Crippen molar-refractivity contribution in [2.45, 2.75) is 20.8 Å². The highest BCUT2D eigenvalue weighted by Gasteiger charge is 2.04. The highest BCUT2D eigenvalue weighted by atomic mass is 32.2. The molecular weight excluding hydrogens is 218 g/mol. The third kappa shape index (κ3) is 4.27. The zero-order valence-corrected chi connectivity index (χ0v) is 11.0. The zero-order chi connectivity index (χ0) is 11.8. The van der Waals surface area contributed by atoms with Crippen molar-refractivity contribution in [3.05, 3.63) is 35.4 Å². The Morgan fingerprint density at radius 2 is 1.94 bits per heavy atom. The van der Waals surface area contributed by atoms with Gasteiger partial charge in [0.05, 0.1) is 5.71 Å². The molecule has 0 aromatic heterocycles. The van der Waals surface area contributed by atoms with Crippen LogP contribution in [0.15, 0.2) is 29.4 Å². The van der Waals surface area contributed by atoms with Crippen LogP contribution in [0.5, 0.6) is 0 Å². The molecule has 0 radical (unpaired) electrons. The number of aryl methyl sites for hydroxylation is 1. The molecule has 0 saturated carbocycles. The third-order valence-electron chi connectivity index (χ3n) is 2.13. The molecule has 88 valence electrons. The molecule has 16 heavy (non-hydrogen) atoms. The van der Waals surface area contributed by atoms with Crippen molar-refractivity contribution in [1.82, 2.24) is 0 Å². The second-order valence-corrected chi connectivity index (χ2v) is 4.73. The van der Waals surface area contributed by atoms with Crippen LogP contribution >= 0.6 is 11.8 Å². The molecule has 3 heteroatoms. The van der Waals surface area contributed by atoms with Crippen LogP contribution in [0.25, 0.3) is 0 Å². The Labute approximate surface area is 102 Å². The summed E-state index contributed by atoms with van der Waals surface area (Å²) in [7, 11) is 0. The fourth-order valence-corrected chi connectivity index (χ4v) is 1.87. The lowest BCUT2D eigenvalue weighted by atomic mass is 10.1. The second-order valence-electron chi connectivity index (χ2n) is 3.46. The number of thioether (sulfide) groups is 1. The largest absolute Gasteiger partial charge is 0.396 e. The number of nitrogens with zero attached hydrogens (tertiary/aromatic N) is 1. The van der Waals surface area contributed by atoms with Crippen molar-refractivity contribution in [3.8, 4) is 0 Å². The van der Waals surface area contributed by atoms with Crippen molar-refractivity contribution in [1.29, 1.82) is 0 Å². The lowest BCUT2D eigenvalue weighted by Gasteiger charge is -2.06. The maximum absolute atomic E-state index is 5.15. The fourth-order valence-electron chi connectivity index (χ4n) is 1.25. The van der Waals surface area contributed by atoms with E-state index in [1.165, 1.54) is 5.56 Å². The van der Waals surface area contributed by atoms with Crippen molar-refractivity contribution in [3.63, 3.8) is 0 Å². The summed E-state index contributed by atoms with van der Waals surface area (Å²) in [5.74, 6) is 2.00. The van der Waals surface area contributed by atoms with Gasteiger partial charge in [-0.05, 0) is 19.6 Å². The maximum Gasteiger partial charge on any atom is 0.114 e. The molecule has 0 unspecified atom stereocenters. The molecule has 1 aromatic carbocycles. The maximum atomic E-state index is 5.15. The molecule has 0 atom stereocenters. The van der Waals surface area contributed by atoms with Crippen molar-refractivity contribution < 1.29 is 4.84 Å². The van der Waals surface area contributed by atoms with Gasteiger partial charge in [-0.25, -0.2) is 0 Å². The van der Waals surface area contributed by atoms with Gasteiger partial charge < -0.3 is 4.84 Å². The first-order chi connectivity index (χ1) is 7.77. The Balaban J connectivity index is 2.78. The smallest absolute Gasteiger partial charge is 0.114 e. The number of rotatable bonds is 6. The lowest BCUT2D eigenvalue weighted by molar-refractivity contribution is 0.159. The van der Waals surface area contributed by atoms with Gasteiger partial charge in [0.15, 0.2) is 0 Å². The molecule has 0 bridgehead atoms. The second kappa shape index (κ2) is 7.34. The van der Waals surface area contributed by atoms with Crippen molar-refractivity contribution >= 4 is 17.5 Å².